The standard InChI is InChI=1S/C29H32FN3O5/c1-17(2)13-25(32-28(36)19-3-4-19)29(37)33-27-15-20(26(35)16-34)14-24(31-27)18-5-9-22(10-6-18)38-23-11-7-21(30)8-12-23/h5-12,14-15,17,19,25-26,34-35H,3-4,13,16H2,1-2H3,(H,32,36)(H,31,33,37). The first-order chi connectivity index (χ1) is 18.2. The number of hydrogen-bond donors (Lipinski definition) is 4. The smallest absolute Gasteiger partial charge is 0.248 e. The van der Waals surface area contributed by atoms with Crippen molar-refractivity contribution in [3.63, 3.8) is 0 Å². The van der Waals surface area contributed by atoms with E-state index in [4.69, 9.17) is 4.74 Å². The molecule has 1 aliphatic rings. The number of nitrogens with one attached hydrogen (secondary N) is 2. The van der Waals surface area contributed by atoms with E-state index >= 15 is 0 Å². The van der Waals surface area contributed by atoms with Crippen LogP contribution in [0.2, 0.25) is 0 Å². The van der Waals surface area contributed by atoms with Crippen molar-refractivity contribution < 1.29 is 28.9 Å². The number of pyridine rings is 1. The van der Waals surface area contributed by atoms with E-state index in [-0.39, 0.29) is 29.4 Å². The summed E-state index contributed by atoms with van der Waals surface area (Å²) in [5, 5.41) is 25.5. The van der Waals surface area contributed by atoms with Crippen LogP contribution in [-0.2, 0) is 9.59 Å². The fourth-order valence-corrected chi connectivity index (χ4v) is 3.95. The van der Waals surface area contributed by atoms with Gasteiger partial charge in [-0.3, -0.25) is 9.59 Å². The topological polar surface area (TPSA) is 121 Å². The minimum atomic E-state index is -1.17. The number of nitrogens with zero attached hydrogens (tertiary/aromatic N) is 1. The van der Waals surface area contributed by atoms with Crippen molar-refractivity contribution in [3.8, 4) is 22.8 Å². The van der Waals surface area contributed by atoms with E-state index in [9.17, 15) is 24.2 Å². The zero-order valence-electron chi connectivity index (χ0n) is 21.4. The maximum atomic E-state index is 13.1. The SMILES string of the molecule is CC(C)CC(NC(=O)C1CC1)C(=O)Nc1cc(C(O)CO)cc(-c2ccc(Oc3ccc(F)cc3)cc2)n1. The van der Waals surface area contributed by atoms with Crippen molar-refractivity contribution in [2.45, 2.75) is 45.3 Å². The van der Waals surface area contributed by atoms with Crippen molar-refractivity contribution in [3.05, 3.63) is 72.0 Å². The van der Waals surface area contributed by atoms with E-state index in [1.807, 2.05) is 13.8 Å². The number of carbonyl (C=O) groups excluding carboxylic acids is 2. The summed E-state index contributed by atoms with van der Waals surface area (Å²) in [6.45, 7) is 3.44. The Kier molecular flexibility index (Phi) is 8.70. The van der Waals surface area contributed by atoms with E-state index in [2.05, 4.69) is 15.6 Å². The van der Waals surface area contributed by atoms with Gasteiger partial charge in [-0.15, -0.1) is 0 Å². The number of anilines is 1. The van der Waals surface area contributed by atoms with Gasteiger partial charge in [0.15, 0.2) is 0 Å². The summed E-state index contributed by atoms with van der Waals surface area (Å²) in [4.78, 5) is 30.0. The van der Waals surface area contributed by atoms with Gasteiger partial charge in [-0.05, 0) is 91.4 Å². The van der Waals surface area contributed by atoms with Crippen LogP contribution in [0.25, 0.3) is 11.3 Å². The molecule has 1 heterocycles. The summed E-state index contributed by atoms with van der Waals surface area (Å²) >= 11 is 0. The minimum Gasteiger partial charge on any atom is -0.457 e. The maximum absolute atomic E-state index is 13.1. The molecule has 0 radical (unpaired) electrons. The summed E-state index contributed by atoms with van der Waals surface area (Å²) in [6, 6.07) is 15.1. The second-order valence-electron chi connectivity index (χ2n) is 9.90. The lowest BCUT2D eigenvalue weighted by atomic mass is 10.0. The summed E-state index contributed by atoms with van der Waals surface area (Å²) in [5.41, 5.74) is 1.52. The monoisotopic (exact) mass is 521 g/mol. The van der Waals surface area contributed by atoms with Gasteiger partial charge in [-0.25, -0.2) is 9.37 Å². The van der Waals surface area contributed by atoms with Crippen molar-refractivity contribution in [1.82, 2.24) is 10.3 Å². The van der Waals surface area contributed by atoms with Gasteiger partial charge < -0.3 is 25.6 Å². The highest BCUT2D eigenvalue weighted by molar-refractivity contribution is 5.97. The van der Waals surface area contributed by atoms with Gasteiger partial charge in [0.2, 0.25) is 11.8 Å². The van der Waals surface area contributed by atoms with E-state index in [1.54, 1.807) is 30.3 Å². The van der Waals surface area contributed by atoms with Crippen LogP contribution in [0.4, 0.5) is 10.2 Å². The first-order valence-corrected chi connectivity index (χ1v) is 12.7. The lowest BCUT2D eigenvalue weighted by Crippen LogP contribution is -2.45. The predicted octanol–water partition coefficient (Wildman–Crippen LogP) is 4.59. The predicted molar refractivity (Wildman–Crippen MR) is 141 cm³/mol. The number of benzene rings is 2. The largest absolute Gasteiger partial charge is 0.457 e. The van der Waals surface area contributed by atoms with Crippen molar-refractivity contribution in [2.24, 2.45) is 11.8 Å². The molecule has 38 heavy (non-hydrogen) atoms. The molecule has 0 spiro atoms. The first-order valence-electron chi connectivity index (χ1n) is 12.7. The molecule has 8 nitrogen and oxygen atoms in total. The highest BCUT2D eigenvalue weighted by Gasteiger charge is 2.33. The van der Waals surface area contributed by atoms with E-state index in [0.29, 0.717) is 34.7 Å². The third-order valence-corrected chi connectivity index (χ3v) is 6.14. The molecule has 200 valence electrons. The van der Waals surface area contributed by atoms with Crippen molar-refractivity contribution in [2.75, 3.05) is 11.9 Å². The molecule has 2 unspecified atom stereocenters. The molecular formula is C29H32FN3O5. The highest BCUT2D eigenvalue weighted by atomic mass is 19.1. The van der Waals surface area contributed by atoms with Crippen LogP contribution in [0.15, 0.2) is 60.7 Å². The third kappa shape index (κ3) is 7.36. The molecule has 2 amide bonds. The fourth-order valence-electron chi connectivity index (χ4n) is 3.95. The Balaban J connectivity index is 1.55. The highest BCUT2D eigenvalue weighted by Crippen LogP contribution is 2.30. The number of halogens is 1. The lowest BCUT2D eigenvalue weighted by Gasteiger charge is -2.21. The molecule has 9 heteroatoms. The second kappa shape index (κ2) is 12.1. The van der Waals surface area contributed by atoms with Crippen molar-refractivity contribution in [1.29, 1.82) is 0 Å². The van der Waals surface area contributed by atoms with Gasteiger partial charge in [0.1, 0.15) is 35.3 Å². The number of hydrogen-bond acceptors (Lipinski definition) is 6. The quantitative estimate of drug-likeness (QED) is 0.293. The molecule has 2 atom stereocenters. The van der Waals surface area contributed by atoms with Crippen LogP contribution in [-0.4, -0.2) is 39.7 Å². The Bertz CT molecular complexity index is 1260. The summed E-state index contributed by atoms with van der Waals surface area (Å²) in [5.74, 6) is 0.482. The van der Waals surface area contributed by atoms with Gasteiger partial charge in [0, 0.05) is 11.5 Å². The Morgan fingerprint density at radius 2 is 1.68 bits per heavy atom. The molecule has 1 fully saturated rings. The van der Waals surface area contributed by atoms with Crippen LogP contribution >= 0.6 is 0 Å². The van der Waals surface area contributed by atoms with E-state index < -0.39 is 24.7 Å². The zero-order chi connectivity index (χ0) is 27.2. The fraction of sp³-hybridized carbons (Fsp3) is 0.345. The molecular weight excluding hydrogens is 489 g/mol. The van der Waals surface area contributed by atoms with E-state index in [0.717, 1.165) is 12.8 Å². The second-order valence-corrected chi connectivity index (χ2v) is 9.90. The number of rotatable bonds is 11. The minimum absolute atomic E-state index is 0.0276. The average Bonchev–Trinajstić information content (AvgIpc) is 3.75. The molecule has 0 saturated heterocycles. The number of aromatic nitrogens is 1. The van der Waals surface area contributed by atoms with Gasteiger partial charge in [0.25, 0.3) is 0 Å². The number of carbonyl (C=O) groups is 2. The molecule has 2 aromatic carbocycles. The Morgan fingerprint density at radius 3 is 2.26 bits per heavy atom. The van der Waals surface area contributed by atoms with Crippen LogP contribution < -0.4 is 15.4 Å². The van der Waals surface area contributed by atoms with Crippen LogP contribution in [0.5, 0.6) is 11.5 Å². The molecule has 0 bridgehead atoms. The molecule has 3 aromatic rings. The number of aliphatic hydroxyl groups is 2. The first kappa shape index (κ1) is 27.2. The number of ether oxygens (including phenoxy) is 1. The molecule has 1 saturated carbocycles. The van der Waals surface area contributed by atoms with E-state index in [1.165, 1.54) is 30.3 Å². The van der Waals surface area contributed by atoms with Gasteiger partial charge in [-0.1, -0.05) is 13.8 Å². The third-order valence-electron chi connectivity index (χ3n) is 6.14. The van der Waals surface area contributed by atoms with Crippen molar-refractivity contribution >= 4 is 17.6 Å². The number of amides is 2. The molecule has 1 aromatic heterocycles. The Morgan fingerprint density at radius 1 is 1.05 bits per heavy atom. The average molecular weight is 522 g/mol. The molecule has 4 rings (SSSR count). The zero-order valence-corrected chi connectivity index (χ0v) is 21.4. The molecule has 0 aliphatic heterocycles. The Labute approximate surface area is 220 Å². The maximum Gasteiger partial charge on any atom is 0.248 e. The lowest BCUT2D eigenvalue weighted by molar-refractivity contribution is -0.127. The normalized spacial score (nSPS) is 14.6. The van der Waals surface area contributed by atoms with Crippen LogP contribution in [0.3, 0.4) is 0 Å². The van der Waals surface area contributed by atoms with Crippen LogP contribution in [0, 0.1) is 17.7 Å². The summed E-state index contributed by atoms with van der Waals surface area (Å²) in [6.07, 6.45) is 0.962. The Hall–Kier alpha value is -3.82. The number of aliphatic hydroxyl groups excluding tert-OH is 2. The summed E-state index contributed by atoms with van der Waals surface area (Å²) in [7, 11) is 0. The van der Waals surface area contributed by atoms with Gasteiger partial charge in [-0.2, -0.15) is 0 Å². The molecule has 1 aliphatic carbocycles. The van der Waals surface area contributed by atoms with Crippen LogP contribution in [0.1, 0.15) is 44.8 Å². The van der Waals surface area contributed by atoms with Gasteiger partial charge >= 0.3 is 0 Å². The van der Waals surface area contributed by atoms with Gasteiger partial charge in [0.05, 0.1) is 12.3 Å². The summed E-state index contributed by atoms with van der Waals surface area (Å²) < 4.78 is 18.9. The molecule has 4 N–H and O–H groups in total.